The van der Waals surface area contributed by atoms with E-state index in [1.165, 1.54) is 11.3 Å². The molecule has 0 aliphatic heterocycles. The SMILES string of the molecule is C=CCN(C)c1cnccc1CNCC. The number of pyridine rings is 1. The van der Waals surface area contributed by atoms with E-state index < -0.39 is 0 Å². The summed E-state index contributed by atoms with van der Waals surface area (Å²) in [6.45, 7) is 8.55. The van der Waals surface area contributed by atoms with Crippen LogP contribution in [-0.2, 0) is 6.54 Å². The second-order valence-corrected chi connectivity index (χ2v) is 3.45. The van der Waals surface area contributed by atoms with Gasteiger partial charge in [0.1, 0.15) is 0 Å². The zero-order valence-corrected chi connectivity index (χ0v) is 9.53. The highest BCUT2D eigenvalue weighted by atomic mass is 15.1. The summed E-state index contributed by atoms with van der Waals surface area (Å²) < 4.78 is 0. The van der Waals surface area contributed by atoms with Gasteiger partial charge in [-0.15, -0.1) is 6.58 Å². The van der Waals surface area contributed by atoms with Gasteiger partial charge in [0.15, 0.2) is 0 Å². The van der Waals surface area contributed by atoms with E-state index in [0.717, 1.165) is 19.6 Å². The van der Waals surface area contributed by atoms with Gasteiger partial charge < -0.3 is 10.2 Å². The highest BCUT2D eigenvalue weighted by Gasteiger charge is 2.05. The summed E-state index contributed by atoms with van der Waals surface area (Å²) in [5, 5.41) is 3.32. The van der Waals surface area contributed by atoms with Gasteiger partial charge in [-0.25, -0.2) is 0 Å². The molecule has 0 aromatic carbocycles. The Morgan fingerprint density at radius 1 is 1.60 bits per heavy atom. The van der Waals surface area contributed by atoms with Gasteiger partial charge in [-0.2, -0.15) is 0 Å². The third kappa shape index (κ3) is 3.36. The largest absolute Gasteiger partial charge is 0.369 e. The quantitative estimate of drug-likeness (QED) is 0.718. The minimum atomic E-state index is 0.838. The predicted octanol–water partition coefficient (Wildman–Crippen LogP) is 1.81. The molecular weight excluding hydrogens is 186 g/mol. The normalized spacial score (nSPS) is 10.0. The fraction of sp³-hybridized carbons (Fsp3) is 0.417. The Hall–Kier alpha value is -1.35. The van der Waals surface area contributed by atoms with Gasteiger partial charge in [0, 0.05) is 26.3 Å². The van der Waals surface area contributed by atoms with Crippen LogP contribution in [0.2, 0.25) is 0 Å². The van der Waals surface area contributed by atoms with Crippen molar-refractivity contribution in [3.05, 3.63) is 36.7 Å². The summed E-state index contributed by atoms with van der Waals surface area (Å²) >= 11 is 0. The fourth-order valence-corrected chi connectivity index (χ4v) is 1.46. The molecule has 3 heteroatoms. The Bertz CT molecular complexity index is 309. The average Bonchev–Trinajstić information content (AvgIpc) is 2.27. The molecule has 1 heterocycles. The Morgan fingerprint density at radius 2 is 2.40 bits per heavy atom. The van der Waals surface area contributed by atoms with Crippen molar-refractivity contribution in [3.8, 4) is 0 Å². The van der Waals surface area contributed by atoms with Gasteiger partial charge in [-0.3, -0.25) is 4.98 Å². The number of nitrogens with zero attached hydrogens (tertiary/aromatic N) is 2. The highest BCUT2D eigenvalue weighted by molar-refractivity contribution is 5.51. The van der Waals surface area contributed by atoms with Gasteiger partial charge in [-0.1, -0.05) is 13.0 Å². The number of hydrogen-bond acceptors (Lipinski definition) is 3. The lowest BCUT2D eigenvalue weighted by molar-refractivity contribution is 0.723. The molecule has 1 N–H and O–H groups in total. The van der Waals surface area contributed by atoms with Crippen LogP contribution < -0.4 is 10.2 Å². The lowest BCUT2D eigenvalue weighted by atomic mass is 10.2. The maximum absolute atomic E-state index is 4.15. The molecule has 0 bridgehead atoms. The maximum Gasteiger partial charge on any atom is 0.0598 e. The van der Waals surface area contributed by atoms with E-state index in [2.05, 4.69) is 34.8 Å². The monoisotopic (exact) mass is 205 g/mol. The molecule has 1 rings (SSSR count). The van der Waals surface area contributed by atoms with Gasteiger partial charge >= 0.3 is 0 Å². The van der Waals surface area contributed by atoms with Crippen molar-refractivity contribution in [1.82, 2.24) is 10.3 Å². The molecule has 0 saturated heterocycles. The van der Waals surface area contributed by atoms with Crippen molar-refractivity contribution in [2.75, 3.05) is 25.0 Å². The van der Waals surface area contributed by atoms with Crippen LogP contribution in [0.1, 0.15) is 12.5 Å². The van der Waals surface area contributed by atoms with Gasteiger partial charge in [0.2, 0.25) is 0 Å². The van der Waals surface area contributed by atoms with E-state index in [-0.39, 0.29) is 0 Å². The zero-order valence-electron chi connectivity index (χ0n) is 9.53. The van der Waals surface area contributed by atoms with E-state index in [1.54, 1.807) is 0 Å². The van der Waals surface area contributed by atoms with Crippen molar-refractivity contribution in [2.24, 2.45) is 0 Å². The number of likely N-dealkylation sites (N-methyl/N-ethyl adjacent to an activating group) is 1. The maximum atomic E-state index is 4.15. The van der Waals surface area contributed by atoms with Gasteiger partial charge in [0.25, 0.3) is 0 Å². The van der Waals surface area contributed by atoms with E-state index in [9.17, 15) is 0 Å². The van der Waals surface area contributed by atoms with Crippen molar-refractivity contribution in [1.29, 1.82) is 0 Å². The lowest BCUT2D eigenvalue weighted by Gasteiger charge is -2.20. The smallest absolute Gasteiger partial charge is 0.0598 e. The van der Waals surface area contributed by atoms with Crippen LogP contribution in [0.3, 0.4) is 0 Å². The van der Waals surface area contributed by atoms with Crippen LogP contribution >= 0.6 is 0 Å². The van der Waals surface area contributed by atoms with Crippen LogP contribution in [0.5, 0.6) is 0 Å². The van der Waals surface area contributed by atoms with Crippen molar-refractivity contribution < 1.29 is 0 Å². The molecule has 0 aliphatic rings. The first-order chi connectivity index (χ1) is 7.29. The summed E-state index contributed by atoms with van der Waals surface area (Å²) in [7, 11) is 2.05. The zero-order chi connectivity index (χ0) is 11.1. The van der Waals surface area contributed by atoms with Crippen molar-refractivity contribution in [3.63, 3.8) is 0 Å². The summed E-state index contributed by atoms with van der Waals surface area (Å²) in [6.07, 6.45) is 5.62. The standard InChI is InChI=1S/C12H19N3/c1-4-8-15(3)12-10-14-7-6-11(12)9-13-5-2/h4,6-7,10,13H,1,5,8-9H2,2-3H3. The number of rotatable bonds is 6. The number of anilines is 1. The Kier molecular flexibility index (Phi) is 4.84. The van der Waals surface area contributed by atoms with Crippen LogP contribution in [0.4, 0.5) is 5.69 Å². The second kappa shape index (κ2) is 6.19. The first-order valence-corrected chi connectivity index (χ1v) is 5.25. The van der Waals surface area contributed by atoms with Crippen molar-refractivity contribution in [2.45, 2.75) is 13.5 Å². The number of hydrogen-bond donors (Lipinski definition) is 1. The van der Waals surface area contributed by atoms with E-state index in [1.807, 2.05) is 25.5 Å². The summed E-state index contributed by atoms with van der Waals surface area (Å²) in [6, 6.07) is 2.05. The van der Waals surface area contributed by atoms with Crippen LogP contribution in [0.25, 0.3) is 0 Å². The molecule has 3 nitrogen and oxygen atoms in total. The van der Waals surface area contributed by atoms with Crippen LogP contribution in [-0.4, -0.2) is 25.1 Å². The summed E-state index contributed by atoms with van der Waals surface area (Å²) in [4.78, 5) is 6.30. The molecule has 0 aliphatic carbocycles. The topological polar surface area (TPSA) is 28.2 Å². The van der Waals surface area contributed by atoms with Crippen LogP contribution in [0, 0.1) is 0 Å². The minimum absolute atomic E-state index is 0.838. The Balaban J connectivity index is 2.80. The van der Waals surface area contributed by atoms with Crippen LogP contribution in [0.15, 0.2) is 31.1 Å². The van der Waals surface area contributed by atoms with E-state index >= 15 is 0 Å². The molecule has 0 amide bonds. The second-order valence-electron chi connectivity index (χ2n) is 3.45. The van der Waals surface area contributed by atoms with Gasteiger partial charge in [0.05, 0.1) is 11.9 Å². The first kappa shape index (κ1) is 11.7. The third-order valence-electron chi connectivity index (χ3n) is 2.27. The van der Waals surface area contributed by atoms with E-state index in [4.69, 9.17) is 0 Å². The van der Waals surface area contributed by atoms with Gasteiger partial charge in [-0.05, 0) is 18.2 Å². The lowest BCUT2D eigenvalue weighted by Crippen LogP contribution is -2.21. The molecule has 0 saturated carbocycles. The molecule has 0 unspecified atom stereocenters. The molecule has 0 spiro atoms. The molecule has 1 aromatic heterocycles. The minimum Gasteiger partial charge on any atom is -0.369 e. The molecular formula is C12H19N3. The highest BCUT2D eigenvalue weighted by Crippen LogP contribution is 2.17. The summed E-state index contributed by atoms with van der Waals surface area (Å²) in [5.41, 5.74) is 2.44. The van der Waals surface area contributed by atoms with E-state index in [0.29, 0.717) is 0 Å². The molecule has 0 radical (unpaired) electrons. The summed E-state index contributed by atoms with van der Waals surface area (Å²) in [5.74, 6) is 0. The predicted molar refractivity (Wildman–Crippen MR) is 65.1 cm³/mol. The molecule has 0 fully saturated rings. The number of aromatic nitrogens is 1. The van der Waals surface area contributed by atoms with Crippen molar-refractivity contribution >= 4 is 5.69 Å². The third-order valence-corrected chi connectivity index (χ3v) is 2.27. The first-order valence-electron chi connectivity index (χ1n) is 5.25. The molecule has 15 heavy (non-hydrogen) atoms. The fourth-order valence-electron chi connectivity index (χ4n) is 1.46. The average molecular weight is 205 g/mol. The molecule has 82 valence electrons. The molecule has 1 aromatic rings. The Morgan fingerprint density at radius 3 is 3.07 bits per heavy atom. The number of nitrogens with one attached hydrogen (secondary N) is 1. The molecule has 0 atom stereocenters. The Labute approximate surface area is 91.8 Å².